The van der Waals surface area contributed by atoms with Gasteiger partial charge in [-0.05, 0) is 24.2 Å². The van der Waals surface area contributed by atoms with Crippen molar-refractivity contribution in [2.75, 3.05) is 23.3 Å². The molecule has 0 spiro atoms. The van der Waals surface area contributed by atoms with E-state index in [1.165, 1.54) is 12.8 Å². The molecule has 0 saturated carbocycles. The highest BCUT2D eigenvalue weighted by molar-refractivity contribution is 9.09. The standard InChI is InChI=1S/C15H24BrN3O/c1-15(2,3)12(9-16)11-19-14(20)8-13(10-17-19)18-6-4-5-7-18/h8,10,12H,4-7,9,11H2,1-3H3. The first-order valence-corrected chi connectivity index (χ1v) is 8.42. The van der Waals surface area contributed by atoms with Crippen molar-refractivity contribution < 1.29 is 0 Å². The number of rotatable bonds is 4. The van der Waals surface area contributed by atoms with Crippen LogP contribution in [0.3, 0.4) is 0 Å². The van der Waals surface area contributed by atoms with Crippen molar-refractivity contribution >= 4 is 21.6 Å². The van der Waals surface area contributed by atoms with Crippen LogP contribution in [0, 0.1) is 11.3 Å². The molecular weight excluding hydrogens is 318 g/mol. The van der Waals surface area contributed by atoms with Gasteiger partial charge in [-0.2, -0.15) is 5.10 Å². The number of anilines is 1. The van der Waals surface area contributed by atoms with Crippen LogP contribution in [-0.4, -0.2) is 28.2 Å². The summed E-state index contributed by atoms with van der Waals surface area (Å²) in [6.07, 6.45) is 4.25. The minimum Gasteiger partial charge on any atom is -0.370 e. The molecule has 1 fully saturated rings. The molecule has 1 unspecified atom stereocenters. The van der Waals surface area contributed by atoms with Crippen LogP contribution >= 0.6 is 15.9 Å². The van der Waals surface area contributed by atoms with Gasteiger partial charge in [0.2, 0.25) is 0 Å². The predicted molar refractivity (Wildman–Crippen MR) is 86.7 cm³/mol. The molecule has 0 N–H and O–H groups in total. The smallest absolute Gasteiger partial charge is 0.268 e. The van der Waals surface area contributed by atoms with E-state index in [9.17, 15) is 4.79 Å². The Morgan fingerprint density at radius 1 is 1.35 bits per heavy atom. The fourth-order valence-corrected chi connectivity index (χ4v) is 3.65. The first-order valence-electron chi connectivity index (χ1n) is 7.30. The molecule has 1 aromatic rings. The summed E-state index contributed by atoms with van der Waals surface area (Å²) < 4.78 is 1.59. The van der Waals surface area contributed by atoms with Crippen LogP contribution in [0.1, 0.15) is 33.6 Å². The van der Waals surface area contributed by atoms with Crippen LogP contribution in [0.4, 0.5) is 5.69 Å². The third-order valence-electron chi connectivity index (χ3n) is 4.13. The topological polar surface area (TPSA) is 38.1 Å². The fourth-order valence-electron chi connectivity index (χ4n) is 2.47. The number of hydrogen-bond acceptors (Lipinski definition) is 3. The Bertz CT molecular complexity index is 501. The average molecular weight is 342 g/mol. The van der Waals surface area contributed by atoms with Crippen molar-refractivity contribution in [1.82, 2.24) is 9.78 Å². The minimum absolute atomic E-state index is 0.00426. The SMILES string of the molecule is CC(C)(C)C(CBr)Cn1ncc(N2CCCC2)cc1=O. The number of hydrogen-bond donors (Lipinski definition) is 0. The van der Waals surface area contributed by atoms with Crippen LogP contribution in [0.25, 0.3) is 0 Å². The molecule has 0 aliphatic carbocycles. The Hall–Kier alpha value is -0.840. The molecule has 2 heterocycles. The van der Waals surface area contributed by atoms with E-state index in [1.54, 1.807) is 10.7 Å². The van der Waals surface area contributed by atoms with E-state index in [1.807, 2.05) is 6.20 Å². The maximum atomic E-state index is 12.2. The predicted octanol–water partition coefficient (Wildman–Crippen LogP) is 2.90. The summed E-state index contributed by atoms with van der Waals surface area (Å²) in [5.41, 5.74) is 1.12. The summed E-state index contributed by atoms with van der Waals surface area (Å²) in [6, 6.07) is 1.73. The second kappa shape index (κ2) is 6.29. The van der Waals surface area contributed by atoms with Crippen molar-refractivity contribution in [3.05, 3.63) is 22.6 Å². The zero-order valence-electron chi connectivity index (χ0n) is 12.6. The highest BCUT2D eigenvalue weighted by Crippen LogP contribution is 2.28. The molecule has 4 nitrogen and oxygen atoms in total. The average Bonchev–Trinajstić information content (AvgIpc) is 2.89. The van der Waals surface area contributed by atoms with Crippen molar-refractivity contribution in [3.8, 4) is 0 Å². The van der Waals surface area contributed by atoms with Gasteiger partial charge < -0.3 is 4.90 Å². The van der Waals surface area contributed by atoms with Gasteiger partial charge in [0.25, 0.3) is 5.56 Å². The molecule has 20 heavy (non-hydrogen) atoms. The number of alkyl halides is 1. The van der Waals surface area contributed by atoms with E-state index in [0.717, 1.165) is 24.1 Å². The molecule has 0 aromatic carbocycles. The number of nitrogens with zero attached hydrogens (tertiary/aromatic N) is 3. The van der Waals surface area contributed by atoms with E-state index in [0.29, 0.717) is 12.5 Å². The van der Waals surface area contributed by atoms with Crippen molar-refractivity contribution in [2.45, 2.75) is 40.2 Å². The summed E-state index contributed by atoms with van der Waals surface area (Å²) in [7, 11) is 0. The Labute approximate surface area is 129 Å². The third kappa shape index (κ3) is 3.62. The normalized spacial score (nSPS) is 17.5. The molecule has 0 amide bonds. The Morgan fingerprint density at radius 3 is 2.50 bits per heavy atom. The molecule has 0 radical (unpaired) electrons. The van der Waals surface area contributed by atoms with Crippen molar-refractivity contribution in [1.29, 1.82) is 0 Å². The Balaban J connectivity index is 2.15. The maximum Gasteiger partial charge on any atom is 0.268 e. The summed E-state index contributed by atoms with van der Waals surface area (Å²) in [6.45, 7) is 9.33. The Kier molecular flexibility index (Phi) is 4.89. The van der Waals surface area contributed by atoms with E-state index in [-0.39, 0.29) is 11.0 Å². The lowest BCUT2D eigenvalue weighted by molar-refractivity contribution is 0.228. The lowest BCUT2D eigenvalue weighted by Crippen LogP contribution is -2.33. The van der Waals surface area contributed by atoms with Gasteiger partial charge in [0.1, 0.15) is 0 Å². The number of halogens is 1. The largest absolute Gasteiger partial charge is 0.370 e. The molecule has 1 aromatic heterocycles. The van der Waals surface area contributed by atoms with E-state index < -0.39 is 0 Å². The second-order valence-electron chi connectivity index (χ2n) is 6.65. The van der Waals surface area contributed by atoms with Gasteiger partial charge in [-0.3, -0.25) is 4.79 Å². The van der Waals surface area contributed by atoms with E-state index in [2.05, 4.69) is 46.7 Å². The highest BCUT2D eigenvalue weighted by Gasteiger charge is 2.24. The van der Waals surface area contributed by atoms with Crippen LogP contribution < -0.4 is 10.5 Å². The summed E-state index contributed by atoms with van der Waals surface area (Å²) in [5.74, 6) is 0.380. The summed E-state index contributed by atoms with van der Waals surface area (Å²) in [5, 5.41) is 5.24. The lowest BCUT2D eigenvalue weighted by Gasteiger charge is -2.29. The van der Waals surface area contributed by atoms with Gasteiger partial charge in [0, 0.05) is 31.0 Å². The molecule has 112 valence electrons. The summed E-state index contributed by atoms with van der Waals surface area (Å²) in [4.78, 5) is 14.5. The maximum absolute atomic E-state index is 12.2. The Morgan fingerprint density at radius 2 is 2.00 bits per heavy atom. The van der Waals surface area contributed by atoms with E-state index >= 15 is 0 Å². The molecule has 2 rings (SSSR count). The molecule has 0 bridgehead atoms. The molecule has 1 aliphatic rings. The monoisotopic (exact) mass is 341 g/mol. The first-order chi connectivity index (χ1) is 9.41. The first kappa shape index (κ1) is 15.5. The van der Waals surface area contributed by atoms with Gasteiger partial charge in [-0.15, -0.1) is 0 Å². The third-order valence-corrected chi connectivity index (χ3v) is 4.91. The molecular formula is C15H24BrN3O. The molecule has 1 aliphatic heterocycles. The second-order valence-corrected chi connectivity index (χ2v) is 7.29. The molecule has 1 saturated heterocycles. The van der Waals surface area contributed by atoms with Crippen LogP contribution in [0.5, 0.6) is 0 Å². The molecule has 5 heteroatoms. The zero-order chi connectivity index (χ0) is 14.8. The van der Waals surface area contributed by atoms with Crippen LogP contribution in [0.2, 0.25) is 0 Å². The van der Waals surface area contributed by atoms with Crippen molar-refractivity contribution in [3.63, 3.8) is 0 Å². The quantitative estimate of drug-likeness (QED) is 0.790. The zero-order valence-corrected chi connectivity index (χ0v) is 14.2. The van der Waals surface area contributed by atoms with Gasteiger partial charge >= 0.3 is 0 Å². The highest BCUT2D eigenvalue weighted by atomic mass is 79.9. The van der Waals surface area contributed by atoms with Crippen molar-refractivity contribution in [2.24, 2.45) is 11.3 Å². The van der Waals surface area contributed by atoms with Gasteiger partial charge in [-0.25, -0.2) is 4.68 Å². The summed E-state index contributed by atoms with van der Waals surface area (Å²) >= 11 is 3.55. The molecule has 1 atom stereocenters. The van der Waals surface area contributed by atoms with Crippen LogP contribution in [-0.2, 0) is 6.54 Å². The van der Waals surface area contributed by atoms with Gasteiger partial charge in [-0.1, -0.05) is 36.7 Å². The lowest BCUT2D eigenvalue weighted by atomic mass is 9.82. The van der Waals surface area contributed by atoms with Gasteiger partial charge in [0.05, 0.1) is 11.9 Å². The minimum atomic E-state index is 0.00426. The number of aromatic nitrogens is 2. The van der Waals surface area contributed by atoms with Crippen LogP contribution in [0.15, 0.2) is 17.1 Å². The van der Waals surface area contributed by atoms with E-state index in [4.69, 9.17) is 0 Å². The van der Waals surface area contributed by atoms with Gasteiger partial charge in [0.15, 0.2) is 0 Å². The fraction of sp³-hybridized carbons (Fsp3) is 0.733.